The number of hydrogen-bond acceptors (Lipinski definition) is 3. The fraction of sp³-hybridized carbons (Fsp3) is 0.900. The molecule has 0 saturated carbocycles. The summed E-state index contributed by atoms with van der Waals surface area (Å²) < 4.78 is 21.7. The topological polar surface area (TPSA) is 66.5 Å². The van der Waals surface area contributed by atoms with E-state index in [-0.39, 0.29) is 11.8 Å². The Bertz CT molecular complexity index is 321. The van der Waals surface area contributed by atoms with Crippen molar-refractivity contribution in [3.8, 4) is 0 Å². The van der Waals surface area contributed by atoms with Crippen molar-refractivity contribution in [1.82, 2.24) is 10.2 Å². The average molecular weight is 248 g/mol. The number of carbonyl (C=O) groups excluding carboxylic acids is 1. The standard InChI is InChI=1S/C10H20N2O3S/c1-16(14,15)9-5-6-11-10(13)12-7-3-2-4-8-12/h2-9H2,1H3,(H,11,13). The Labute approximate surface area is 97.1 Å². The van der Waals surface area contributed by atoms with Gasteiger partial charge in [0.2, 0.25) is 0 Å². The monoisotopic (exact) mass is 248 g/mol. The largest absolute Gasteiger partial charge is 0.338 e. The molecule has 1 saturated heterocycles. The summed E-state index contributed by atoms with van der Waals surface area (Å²) >= 11 is 0. The normalized spacial score (nSPS) is 17.2. The van der Waals surface area contributed by atoms with E-state index in [2.05, 4.69) is 5.32 Å². The molecule has 0 aliphatic carbocycles. The smallest absolute Gasteiger partial charge is 0.317 e. The number of likely N-dealkylation sites (tertiary alicyclic amines) is 1. The van der Waals surface area contributed by atoms with Crippen LogP contribution in [0.15, 0.2) is 0 Å². The number of nitrogens with zero attached hydrogens (tertiary/aromatic N) is 1. The molecule has 1 fully saturated rings. The Kier molecular flexibility index (Phi) is 5.05. The number of carbonyl (C=O) groups is 1. The van der Waals surface area contributed by atoms with Crippen LogP contribution < -0.4 is 5.32 Å². The molecule has 2 amide bonds. The van der Waals surface area contributed by atoms with Crippen LogP contribution in [-0.4, -0.2) is 51.0 Å². The molecule has 1 N–H and O–H groups in total. The number of urea groups is 1. The van der Waals surface area contributed by atoms with Crippen LogP contribution in [0, 0.1) is 0 Å². The second-order valence-corrected chi connectivity index (χ2v) is 6.52. The van der Waals surface area contributed by atoms with Gasteiger partial charge in [-0.1, -0.05) is 0 Å². The van der Waals surface area contributed by atoms with Crippen LogP contribution in [0.5, 0.6) is 0 Å². The van der Waals surface area contributed by atoms with E-state index in [0.717, 1.165) is 25.9 Å². The summed E-state index contributed by atoms with van der Waals surface area (Å²) in [6.07, 6.45) is 5.02. The van der Waals surface area contributed by atoms with Crippen molar-refractivity contribution in [1.29, 1.82) is 0 Å². The van der Waals surface area contributed by atoms with Gasteiger partial charge in [0, 0.05) is 25.9 Å². The Balaban J connectivity index is 2.14. The minimum absolute atomic E-state index is 0.0619. The van der Waals surface area contributed by atoms with Crippen molar-refractivity contribution in [3.63, 3.8) is 0 Å². The lowest BCUT2D eigenvalue weighted by Gasteiger charge is -2.26. The lowest BCUT2D eigenvalue weighted by Crippen LogP contribution is -2.43. The SMILES string of the molecule is CS(=O)(=O)CCCNC(=O)N1CCCCC1. The van der Waals surface area contributed by atoms with Crippen LogP contribution in [0.2, 0.25) is 0 Å². The molecule has 0 unspecified atom stereocenters. The van der Waals surface area contributed by atoms with Gasteiger partial charge in [-0.25, -0.2) is 13.2 Å². The third-order valence-electron chi connectivity index (χ3n) is 2.61. The Morgan fingerprint density at radius 2 is 1.88 bits per heavy atom. The first-order valence-electron chi connectivity index (χ1n) is 5.69. The lowest BCUT2D eigenvalue weighted by molar-refractivity contribution is 0.186. The predicted molar refractivity (Wildman–Crippen MR) is 63.2 cm³/mol. The van der Waals surface area contributed by atoms with Crippen molar-refractivity contribution in [2.75, 3.05) is 31.6 Å². The Hall–Kier alpha value is -0.780. The highest BCUT2D eigenvalue weighted by molar-refractivity contribution is 7.90. The van der Waals surface area contributed by atoms with Gasteiger partial charge < -0.3 is 10.2 Å². The molecule has 1 rings (SSSR count). The predicted octanol–water partition coefficient (Wildman–Crippen LogP) is 0.617. The van der Waals surface area contributed by atoms with Gasteiger partial charge in [0.15, 0.2) is 0 Å². The van der Waals surface area contributed by atoms with Crippen molar-refractivity contribution < 1.29 is 13.2 Å². The maximum Gasteiger partial charge on any atom is 0.317 e. The second-order valence-electron chi connectivity index (χ2n) is 4.26. The fourth-order valence-corrected chi connectivity index (χ4v) is 2.41. The van der Waals surface area contributed by atoms with Gasteiger partial charge in [0.25, 0.3) is 0 Å². The van der Waals surface area contributed by atoms with Crippen molar-refractivity contribution >= 4 is 15.9 Å². The van der Waals surface area contributed by atoms with Gasteiger partial charge in [0.05, 0.1) is 5.75 Å². The highest BCUT2D eigenvalue weighted by Crippen LogP contribution is 2.08. The molecule has 6 heteroatoms. The van der Waals surface area contributed by atoms with E-state index in [0.29, 0.717) is 13.0 Å². The van der Waals surface area contributed by atoms with E-state index < -0.39 is 9.84 Å². The zero-order chi connectivity index (χ0) is 12.0. The zero-order valence-corrected chi connectivity index (χ0v) is 10.6. The van der Waals surface area contributed by atoms with Crippen LogP contribution in [-0.2, 0) is 9.84 Å². The van der Waals surface area contributed by atoms with Crippen LogP contribution in [0.4, 0.5) is 4.79 Å². The Morgan fingerprint density at radius 1 is 1.25 bits per heavy atom. The molecule has 5 nitrogen and oxygen atoms in total. The fourth-order valence-electron chi connectivity index (χ4n) is 1.74. The maximum absolute atomic E-state index is 11.6. The lowest BCUT2D eigenvalue weighted by atomic mass is 10.1. The maximum atomic E-state index is 11.6. The minimum atomic E-state index is -2.91. The molecule has 0 atom stereocenters. The first kappa shape index (κ1) is 13.3. The van der Waals surface area contributed by atoms with Crippen LogP contribution in [0.25, 0.3) is 0 Å². The van der Waals surface area contributed by atoms with E-state index >= 15 is 0 Å². The quantitative estimate of drug-likeness (QED) is 0.742. The summed E-state index contributed by atoms with van der Waals surface area (Å²) in [6, 6.07) is -0.0619. The van der Waals surface area contributed by atoms with E-state index in [4.69, 9.17) is 0 Å². The highest BCUT2D eigenvalue weighted by Gasteiger charge is 2.15. The summed E-state index contributed by atoms with van der Waals surface area (Å²) in [6.45, 7) is 2.07. The van der Waals surface area contributed by atoms with Crippen LogP contribution >= 0.6 is 0 Å². The molecule has 0 bridgehead atoms. The third-order valence-corrected chi connectivity index (χ3v) is 3.64. The number of amides is 2. The molecule has 94 valence electrons. The molecular weight excluding hydrogens is 228 g/mol. The summed E-state index contributed by atoms with van der Waals surface area (Å²) in [7, 11) is -2.91. The van der Waals surface area contributed by atoms with Gasteiger partial charge in [-0.3, -0.25) is 0 Å². The molecule has 0 radical (unpaired) electrons. The Morgan fingerprint density at radius 3 is 2.44 bits per heavy atom. The summed E-state index contributed by atoms with van der Waals surface area (Å²) in [5.74, 6) is 0.132. The summed E-state index contributed by atoms with van der Waals surface area (Å²) in [4.78, 5) is 13.4. The number of hydrogen-bond donors (Lipinski definition) is 1. The molecule has 16 heavy (non-hydrogen) atoms. The molecule has 1 heterocycles. The summed E-state index contributed by atoms with van der Waals surface area (Å²) in [5.41, 5.74) is 0. The minimum Gasteiger partial charge on any atom is -0.338 e. The molecule has 0 aromatic rings. The van der Waals surface area contributed by atoms with E-state index in [1.807, 2.05) is 0 Å². The molecule has 0 aromatic carbocycles. The number of nitrogens with one attached hydrogen (secondary N) is 1. The van der Waals surface area contributed by atoms with Crippen molar-refractivity contribution in [2.24, 2.45) is 0 Å². The average Bonchev–Trinajstić information content (AvgIpc) is 2.24. The molecule has 0 spiro atoms. The van der Waals surface area contributed by atoms with Crippen LogP contribution in [0.3, 0.4) is 0 Å². The van der Waals surface area contributed by atoms with E-state index in [1.165, 1.54) is 12.7 Å². The van der Waals surface area contributed by atoms with Gasteiger partial charge in [-0.05, 0) is 25.7 Å². The van der Waals surface area contributed by atoms with E-state index in [1.54, 1.807) is 4.90 Å². The highest BCUT2D eigenvalue weighted by atomic mass is 32.2. The van der Waals surface area contributed by atoms with Crippen molar-refractivity contribution in [3.05, 3.63) is 0 Å². The molecule has 1 aliphatic rings. The first-order chi connectivity index (χ1) is 7.49. The van der Waals surface area contributed by atoms with Gasteiger partial charge >= 0.3 is 6.03 Å². The van der Waals surface area contributed by atoms with Crippen LogP contribution in [0.1, 0.15) is 25.7 Å². The second kappa shape index (κ2) is 6.08. The van der Waals surface area contributed by atoms with Gasteiger partial charge in [0.1, 0.15) is 9.84 Å². The first-order valence-corrected chi connectivity index (χ1v) is 7.75. The third kappa shape index (κ3) is 5.34. The number of sulfone groups is 1. The molecule has 0 aromatic heterocycles. The van der Waals surface area contributed by atoms with Crippen molar-refractivity contribution in [2.45, 2.75) is 25.7 Å². The number of rotatable bonds is 4. The zero-order valence-electron chi connectivity index (χ0n) is 9.74. The molecule has 1 aliphatic heterocycles. The van der Waals surface area contributed by atoms with E-state index in [9.17, 15) is 13.2 Å². The molecular formula is C10H20N2O3S. The van der Waals surface area contributed by atoms with Gasteiger partial charge in [-0.2, -0.15) is 0 Å². The number of piperidine rings is 1. The summed E-state index contributed by atoms with van der Waals surface area (Å²) in [5, 5.41) is 2.75. The van der Waals surface area contributed by atoms with Gasteiger partial charge in [-0.15, -0.1) is 0 Å².